The van der Waals surface area contributed by atoms with Gasteiger partial charge in [0, 0.05) is 10.9 Å². The number of nitrogen functional groups attached to an aromatic ring is 1. The molecule has 0 amide bonds. The lowest BCUT2D eigenvalue weighted by Gasteiger charge is -2.26. The summed E-state index contributed by atoms with van der Waals surface area (Å²) < 4.78 is 5.03. The van der Waals surface area contributed by atoms with Gasteiger partial charge in [0.05, 0.1) is 13.7 Å². The van der Waals surface area contributed by atoms with Crippen LogP contribution < -0.4 is 15.4 Å². The van der Waals surface area contributed by atoms with Gasteiger partial charge in [-0.2, -0.15) is 15.0 Å². The highest BCUT2D eigenvalue weighted by Gasteiger charge is 2.17. The molecule has 0 aliphatic carbocycles. The summed E-state index contributed by atoms with van der Waals surface area (Å²) >= 11 is 1.70. The SMILES string of the molecule is COc1nc(N)nc(N(Cc2cccs2)C(C)C)n1. The fourth-order valence-electron chi connectivity index (χ4n) is 1.64. The zero-order chi connectivity index (χ0) is 13.8. The Labute approximate surface area is 116 Å². The van der Waals surface area contributed by atoms with Gasteiger partial charge in [0.15, 0.2) is 0 Å². The number of rotatable bonds is 5. The molecule has 2 aromatic heterocycles. The van der Waals surface area contributed by atoms with Crippen molar-refractivity contribution in [2.45, 2.75) is 26.4 Å². The van der Waals surface area contributed by atoms with Gasteiger partial charge in [-0.1, -0.05) is 6.07 Å². The molecule has 0 saturated carbocycles. The maximum Gasteiger partial charge on any atom is 0.322 e. The zero-order valence-electron chi connectivity index (χ0n) is 11.2. The van der Waals surface area contributed by atoms with E-state index in [1.54, 1.807) is 11.3 Å². The first-order valence-electron chi connectivity index (χ1n) is 5.94. The first-order valence-corrected chi connectivity index (χ1v) is 6.82. The fraction of sp³-hybridized carbons (Fsp3) is 0.417. The Morgan fingerprint density at radius 1 is 1.37 bits per heavy atom. The summed E-state index contributed by atoms with van der Waals surface area (Å²) in [5.74, 6) is 0.700. The highest BCUT2D eigenvalue weighted by atomic mass is 32.1. The van der Waals surface area contributed by atoms with E-state index in [-0.39, 0.29) is 18.0 Å². The zero-order valence-corrected chi connectivity index (χ0v) is 12.0. The van der Waals surface area contributed by atoms with E-state index in [0.29, 0.717) is 5.95 Å². The molecule has 0 saturated heterocycles. The molecule has 0 bridgehead atoms. The summed E-state index contributed by atoms with van der Waals surface area (Å²) in [6.45, 7) is 4.90. The molecular weight excluding hydrogens is 262 g/mol. The van der Waals surface area contributed by atoms with Crippen LogP contribution in [0.1, 0.15) is 18.7 Å². The van der Waals surface area contributed by atoms with Gasteiger partial charge in [0.25, 0.3) is 0 Å². The second-order valence-corrected chi connectivity index (χ2v) is 5.31. The Kier molecular flexibility index (Phi) is 4.16. The fourth-order valence-corrected chi connectivity index (χ4v) is 2.34. The molecule has 0 fully saturated rings. The lowest BCUT2D eigenvalue weighted by Crippen LogP contribution is -2.31. The van der Waals surface area contributed by atoms with Crippen LogP contribution in [0.15, 0.2) is 17.5 Å². The van der Waals surface area contributed by atoms with Crippen LogP contribution in [0.2, 0.25) is 0 Å². The largest absolute Gasteiger partial charge is 0.467 e. The summed E-state index contributed by atoms with van der Waals surface area (Å²) in [5.41, 5.74) is 5.68. The lowest BCUT2D eigenvalue weighted by atomic mass is 10.3. The monoisotopic (exact) mass is 279 g/mol. The molecule has 2 N–H and O–H groups in total. The molecule has 0 unspecified atom stereocenters. The number of hydrogen-bond donors (Lipinski definition) is 1. The van der Waals surface area contributed by atoms with E-state index >= 15 is 0 Å². The Morgan fingerprint density at radius 2 is 2.16 bits per heavy atom. The van der Waals surface area contributed by atoms with Crippen LogP contribution in [0.25, 0.3) is 0 Å². The van der Waals surface area contributed by atoms with E-state index in [9.17, 15) is 0 Å². The van der Waals surface area contributed by atoms with Crippen LogP contribution in [0, 0.1) is 0 Å². The van der Waals surface area contributed by atoms with E-state index in [2.05, 4.69) is 45.1 Å². The quantitative estimate of drug-likeness (QED) is 0.901. The minimum atomic E-state index is 0.165. The van der Waals surface area contributed by atoms with Crippen molar-refractivity contribution in [3.05, 3.63) is 22.4 Å². The normalized spacial score (nSPS) is 10.7. The molecule has 19 heavy (non-hydrogen) atoms. The maximum absolute atomic E-state index is 5.68. The first-order chi connectivity index (χ1) is 9.10. The number of nitrogens with two attached hydrogens (primary N) is 1. The number of anilines is 2. The Hall–Kier alpha value is -1.89. The molecular formula is C12H17N5OS. The predicted molar refractivity (Wildman–Crippen MR) is 76.4 cm³/mol. The predicted octanol–water partition coefficient (Wildman–Crippen LogP) is 1.94. The molecule has 102 valence electrons. The molecule has 2 rings (SSSR count). The molecule has 0 aliphatic rings. The van der Waals surface area contributed by atoms with Gasteiger partial charge in [0.2, 0.25) is 11.9 Å². The highest BCUT2D eigenvalue weighted by molar-refractivity contribution is 7.09. The second-order valence-electron chi connectivity index (χ2n) is 4.28. The molecule has 2 aromatic rings. The topological polar surface area (TPSA) is 77.2 Å². The number of aromatic nitrogens is 3. The van der Waals surface area contributed by atoms with Crippen molar-refractivity contribution in [1.29, 1.82) is 0 Å². The smallest absolute Gasteiger partial charge is 0.322 e. The van der Waals surface area contributed by atoms with Crippen molar-refractivity contribution in [3.8, 4) is 6.01 Å². The molecule has 2 heterocycles. The van der Waals surface area contributed by atoms with Crippen molar-refractivity contribution in [2.24, 2.45) is 0 Å². The molecule has 7 heteroatoms. The van der Waals surface area contributed by atoms with Gasteiger partial charge in [-0.15, -0.1) is 11.3 Å². The standard InChI is InChI=1S/C12H17N5OS/c1-8(2)17(7-9-5-4-6-19-9)11-14-10(13)15-12(16-11)18-3/h4-6,8H,7H2,1-3H3,(H2,13,14,15,16). The third-order valence-corrected chi connectivity index (χ3v) is 3.45. The lowest BCUT2D eigenvalue weighted by molar-refractivity contribution is 0.378. The summed E-state index contributed by atoms with van der Waals surface area (Å²) in [6, 6.07) is 4.59. The molecule has 0 aliphatic heterocycles. The maximum atomic E-state index is 5.68. The van der Waals surface area contributed by atoms with Crippen molar-refractivity contribution in [3.63, 3.8) is 0 Å². The first kappa shape index (κ1) is 13.5. The van der Waals surface area contributed by atoms with Crippen LogP contribution in [-0.2, 0) is 6.54 Å². The minimum Gasteiger partial charge on any atom is -0.467 e. The number of hydrogen-bond acceptors (Lipinski definition) is 7. The number of nitrogens with zero attached hydrogens (tertiary/aromatic N) is 4. The Morgan fingerprint density at radius 3 is 2.74 bits per heavy atom. The van der Waals surface area contributed by atoms with Crippen molar-refractivity contribution in [2.75, 3.05) is 17.7 Å². The van der Waals surface area contributed by atoms with E-state index in [0.717, 1.165) is 6.54 Å². The van der Waals surface area contributed by atoms with Crippen molar-refractivity contribution in [1.82, 2.24) is 15.0 Å². The van der Waals surface area contributed by atoms with Crippen molar-refractivity contribution < 1.29 is 4.74 Å². The average Bonchev–Trinajstić information content (AvgIpc) is 2.87. The van der Waals surface area contributed by atoms with Crippen LogP contribution in [0.5, 0.6) is 6.01 Å². The van der Waals surface area contributed by atoms with Crippen LogP contribution in [0.4, 0.5) is 11.9 Å². The highest BCUT2D eigenvalue weighted by Crippen LogP contribution is 2.20. The third kappa shape index (κ3) is 3.31. The van der Waals surface area contributed by atoms with E-state index in [1.165, 1.54) is 12.0 Å². The van der Waals surface area contributed by atoms with Crippen molar-refractivity contribution >= 4 is 23.2 Å². The molecule has 6 nitrogen and oxygen atoms in total. The van der Waals surface area contributed by atoms with Gasteiger partial charge >= 0.3 is 6.01 Å². The second kappa shape index (κ2) is 5.83. The Balaban J connectivity index is 2.30. The third-order valence-electron chi connectivity index (χ3n) is 2.59. The minimum absolute atomic E-state index is 0.165. The van der Waals surface area contributed by atoms with Crippen LogP contribution in [-0.4, -0.2) is 28.1 Å². The van der Waals surface area contributed by atoms with Crippen LogP contribution in [0.3, 0.4) is 0 Å². The van der Waals surface area contributed by atoms with E-state index < -0.39 is 0 Å². The van der Waals surface area contributed by atoms with E-state index in [1.807, 2.05) is 6.07 Å². The summed E-state index contributed by atoms with van der Waals surface area (Å²) in [7, 11) is 1.51. The van der Waals surface area contributed by atoms with Gasteiger partial charge in [-0.25, -0.2) is 0 Å². The molecule has 0 atom stereocenters. The summed E-state index contributed by atoms with van der Waals surface area (Å²) in [4.78, 5) is 15.7. The van der Waals surface area contributed by atoms with Gasteiger partial charge in [-0.3, -0.25) is 0 Å². The molecule has 0 radical (unpaired) electrons. The van der Waals surface area contributed by atoms with Crippen LogP contribution >= 0.6 is 11.3 Å². The molecule has 0 aromatic carbocycles. The van der Waals surface area contributed by atoms with Gasteiger partial charge < -0.3 is 15.4 Å². The number of thiophene rings is 1. The molecule has 0 spiro atoms. The van der Waals surface area contributed by atoms with Gasteiger partial charge in [-0.05, 0) is 25.3 Å². The Bertz CT molecular complexity index is 529. The number of methoxy groups -OCH3 is 1. The summed E-state index contributed by atoms with van der Waals surface area (Å²) in [5, 5.41) is 2.05. The average molecular weight is 279 g/mol. The van der Waals surface area contributed by atoms with Gasteiger partial charge in [0.1, 0.15) is 0 Å². The number of ether oxygens (including phenoxy) is 1. The van der Waals surface area contributed by atoms with E-state index in [4.69, 9.17) is 10.5 Å². The summed E-state index contributed by atoms with van der Waals surface area (Å²) in [6.07, 6.45) is 0.